The van der Waals surface area contributed by atoms with Crippen molar-refractivity contribution in [2.24, 2.45) is 7.05 Å². The van der Waals surface area contributed by atoms with Gasteiger partial charge in [-0.3, -0.25) is 9.48 Å². The summed E-state index contributed by atoms with van der Waals surface area (Å²) in [6, 6.07) is 5.47. The Morgan fingerprint density at radius 2 is 2.15 bits per heavy atom. The van der Waals surface area contributed by atoms with Crippen molar-refractivity contribution in [2.75, 3.05) is 11.1 Å². The van der Waals surface area contributed by atoms with Crippen LogP contribution in [0.3, 0.4) is 0 Å². The van der Waals surface area contributed by atoms with Gasteiger partial charge < -0.3 is 11.1 Å². The number of carbonyl (C=O) groups is 1. The van der Waals surface area contributed by atoms with E-state index in [2.05, 4.69) is 26.3 Å². The maximum Gasteiger partial charge on any atom is 0.273 e. The highest BCUT2D eigenvalue weighted by molar-refractivity contribution is 9.10. The Balaban J connectivity index is 2.30. The molecule has 5 nitrogen and oxygen atoms in total. The Labute approximate surface area is 126 Å². The second-order valence-electron chi connectivity index (χ2n) is 4.64. The lowest BCUT2D eigenvalue weighted by Gasteiger charge is -2.12. The van der Waals surface area contributed by atoms with E-state index in [1.165, 1.54) is 0 Å². The number of anilines is 2. The van der Waals surface area contributed by atoms with E-state index in [1.54, 1.807) is 23.9 Å². The fourth-order valence-electron chi connectivity index (χ4n) is 2.03. The van der Waals surface area contributed by atoms with Crippen molar-refractivity contribution in [1.82, 2.24) is 9.78 Å². The average molecular weight is 337 g/mol. The van der Waals surface area contributed by atoms with Gasteiger partial charge in [-0.25, -0.2) is 0 Å². The van der Waals surface area contributed by atoms with Crippen molar-refractivity contribution in [3.63, 3.8) is 0 Å². The summed E-state index contributed by atoms with van der Waals surface area (Å²) in [5.41, 5.74) is 9.43. The van der Waals surface area contributed by atoms with Gasteiger partial charge in [-0.15, -0.1) is 0 Å². The molecule has 1 amide bonds. The van der Waals surface area contributed by atoms with E-state index in [0.29, 0.717) is 17.1 Å². The molecule has 0 aliphatic carbocycles. The zero-order valence-electron chi connectivity index (χ0n) is 11.7. The smallest absolute Gasteiger partial charge is 0.273 e. The van der Waals surface area contributed by atoms with E-state index < -0.39 is 0 Å². The number of aromatic nitrogens is 2. The van der Waals surface area contributed by atoms with E-state index in [9.17, 15) is 4.79 Å². The van der Waals surface area contributed by atoms with Crippen LogP contribution in [-0.2, 0) is 13.5 Å². The first kappa shape index (κ1) is 14.6. The summed E-state index contributed by atoms with van der Waals surface area (Å²) in [6.45, 7) is 3.90. The van der Waals surface area contributed by atoms with Crippen molar-refractivity contribution in [3.05, 3.63) is 39.6 Å². The third-order valence-corrected chi connectivity index (χ3v) is 3.55. The molecule has 106 valence electrons. The molecule has 0 fully saturated rings. The standard InChI is InChI=1S/C14H17BrN4O/c1-4-10-7-12(19(3)18-10)14(20)17-13-8(2)5-9(15)6-11(13)16/h5-7H,4,16H2,1-3H3,(H,17,20). The van der Waals surface area contributed by atoms with E-state index in [-0.39, 0.29) is 5.91 Å². The Hall–Kier alpha value is -1.82. The van der Waals surface area contributed by atoms with Gasteiger partial charge in [-0.1, -0.05) is 22.9 Å². The van der Waals surface area contributed by atoms with Crippen molar-refractivity contribution in [3.8, 4) is 0 Å². The molecule has 3 N–H and O–H groups in total. The molecule has 0 aliphatic heterocycles. The molecule has 0 radical (unpaired) electrons. The highest BCUT2D eigenvalue weighted by atomic mass is 79.9. The molecule has 2 aromatic rings. The number of rotatable bonds is 3. The molecule has 0 atom stereocenters. The minimum absolute atomic E-state index is 0.211. The second kappa shape index (κ2) is 5.66. The Bertz CT molecular complexity index is 640. The van der Waals surface area contributed by atoms with Crippen molar-refractivity contribution in [2.45, 2.75) is 20.3 Å². The molecule has 20 heavy (non-hydrogen) atoms. The summed E-state index contributed by atoms with van der Waals surface area (Å²) in [5.74, 6) is -0.211. The zero-order chi connectivity index (χ0) is 14.9. The molecule has 0 aliphatic rings. The maximum atomic E-state index is 12.3. The molecular weight excluding hydrogens is 320 g/mol. The number of nitrogens with one attached hydrogen (secondary N) is 1. The zero-order valence-corrected chi connectivity index (χ0v) is 13.3. The summed E-state index contributed by atoms with van der Waals surface area (Å²) in [7, 11) is 1.76. The molecule has 0 saturated carbocycles. The highest BCUT2D eigenvalue weighted by Crippen LogP contribution is 2.28. The minimum Gasteiger partial charge on any atom is -0.397 e. The largest absolute Gasteiger partial charge is 0.397 e. The first-order chi connectivity index (χ1) is 9.42. The van der Waals surface area contributed by atoms with Gasteiger partial charge in [0.05, 0.1) is 17.1 Å². The van der Waals surface area contributed by atoms with Gasteiger partial charge in [0.2, 0.25) is 0 Å². The number of nitrogens with two attached hydrogens (primary N) is 1. The summed E-state index contributed by atoms with van der Waals surface area (Å²) in [4.78, 5) is 12.3. The molecule has 2 rings (SSSR count). The molecule has 0 unspecified atom stereocenters. The van der Waals surface area contributed by atoms with Gasteiger partial charge in [0.15, 0.2) is 0 Å². The Morgan fingerprint density at radius 3 is 2.70 bits per heavy atom. The Morgan fingerprint density at radius 1 is 1.45 bits per heavy atom. The fourth-order valence-corrected chi connectivity index (χ4v) is 2.62. The van der Waals surface area contributed by atoms with Crippen molar-refractivity contribution < 1.29 is 4.79 Å². The number of halogens is 1. The predicted molar refractivity (Wildman–Crippen MR) is 83.8 cm³/mol. The van der Waals surface area contributed by atoms with Crippen LogP contribution in [0.1, 0.15) is 28.7 Å². The molecule has 0 spiro atoms. The van der Waals surface area contributed by atoms with Crippen molar-refractivity contribution >= 4 is 33.2 Å². The molecule has 1 aromatic heterocycles. The molecule has 0 bridgehead atoms. The number of nitrogen functional groups attached to an aromatic ring is 1. The summed E-state index contributed by atoms with van der Waals surface area (Å²) in [5, 5.41) is 7.12. The van der Waals surface area contributed by atoms with Crippen LogP contribution < -0.4 is 11.1 Å². The summed E-state index contributed by atoms with van der Waals surface area (Å²) < 4.78 is 2.47. The average Bonchev–Trinajstić information content (AvgIpc) is 2.75. The van der Waals surface area contributed by atoms with Gasteiger partial charge in [-0.05, 0) is 37.1 Å². The van der Waals surface area contributed by atoms with E-state index in [1.807, 2.05) is 19.9 Å². The van der Waals surface area contributed by atoms with E-state index in [0.717, 1.165) is 22.2 Å². The van der Waals surface area contributed by atoms with Crippen LogP contribution in [0, 0.1) is 6.92 Å². The normalized spacial score (nSPS) is 10.6. The molecule has 6 heteroatoms. The predicted octanol–water partition coefficient (Wildman–Crippen LogP) is 2.89. The number of hydrogen-bond donors (Lipinski definition) is 2. The lowest BCUT2D eigenvalue weighted by molar-refractivity contribution is 0.101. The van der Waals surface area contributed by atoms with Crippen LogP contribution in [0.5, 0.6) is 0 Å². The topological polar surface area (TPSA) is 72.9 Å². The first-order valence-electron chi connectivity index (χ1n) is 6.32. The van der Waals surface area contributed by atoms with Crippen LogP contribution >= 0.6 is 15.9 Å². The highest BCUT2D eigenvalue weighted by Gasteiger charge is 2.15. The number of hydrogen-bond acceptors (Lipinski definition) is 3. The van der Waals surface area contributed by atoms with Crippen LogP contribution in [0.2, 0.25) is 0 Å². The number of amides is 1. The lowest BCUT2D eigenvalue weighted by atomic mass is 10.1. The van der Waals surface area contributed by atoms with Crippen LogP contribution in [0.15, 0.2) is 22.7 Å². The van der Waals surface area contributed by atoms with Crippen LogP contribution in [0.4, 0.5) is 11.4 Å². The van der Waals surface area contributed by atoms with Gasteiger partial charge >= 0.3 is 0 Å². The first-order valence-corrected chi connectivity index (χ1v) is 7.11. The molecule has 1 aromatic carbocycles. The van der Waals surface area contributed by atoms with Gasteiger partial charge in [0.25, 0.3) is 5.91 Å². The van der Waals surface area contributed by atoms with Gasteiger partial charge in [-0.2, -0.15) is 5.10 Å². The summed E-state index contributed by atoms with van der Waals surface area (Å²) >= 11 is 3.38. The fraction of sp³-hybridized carbons (Fsp3) is 0.286. The number of benzene rings is 1. The molecule has 0 saturated heterocycles. The number of carbonyl (C=O) groups excluding carboxylic acids is 1. The maximum absolute atomic E-state index is 12.3. The number of nitrogens with zero attached hydrogens (tertiary/aromatic N) is 2. The summed E-state index contributed by atoms with van der Waals surface area (Å²) in [6.07, 6.45) is 0.792. The van der Waals surface area contributed by atoms with Gasteiger partial charge in [0.1, 0.15) is 5.69 Å². The minimum atomic E-state index is -0.211. The van der Waals surface area contributed by atoms with E-state index >= 15 is 0 Å². The molecular formula is C14H17BrN4O. The van der Waals surface area contributed by atoms with Crippen molar-refractivity contribution in [1.29, 1.82) is 0 Å². The number of aryl methyl sites for hydroxylation is 3. The van der Waals surface area contributed by atoms with E-state index in [4.69, 9.17) is 5.73 Å². The third kappa shape index (κ3) is 2.85. The molecule has 1 heterocycles. The quantitative estimate of drug-likeness (QED) is 0.846. The lowest BCUT2D eigenvalue weighted by Crippen LogP contribution is -2.17. The van der Waals surface area contributed by atoms with Crippen LogP contribution in [-0.4, -0.2) is 15.7 Å². The second-order valence-corrected chi connectivity index (χ2v) is 5.55. The monoisotopic (exact) mass is 336 g/mol. The third-order valence-electron chi connectivity index (χ3n) is 3.09. The van der Waals surface area contributed by atoms with Crippen LogP contribution in [0.25, 0.3) is 0 Å². The SMILES string of the molecule is CCc1cc(C(=O)Nc2c(C)cc(Br)cc2N)n(C)n1. The van der Waals surface area contributed by atoms with Gasteiger partial charge in [0, 0.05) is 11.5 Å². The Kier molecular flexibility index (Phi) is 4.13.